The summed E-state index contributed by atoms with van der Waals surface area (Å²) in [4.78, 5) is 0. The van der Waals surface area contributed by atoms with E-state index in [0.717, 1.165) is 17.1 Å². The van der Waals surface area contributed by atoms with Crippen LogP contribution in [-0.2, 0) is 6.42 Å². The maximum absolute atomic E-state index is 6.04. The van der Waals surface area contributed by atoms with Crippen molar-refractivity contribution in [3.05, 3.63) is 76.3 Å². The Labute approximate surface area is 126 Å². The molecule has 1 aromatic heterocycles. The molecule has 0 spiro atoms. The number of para-hydroxylation sites is 1. The lowest BCUT2D eigenvalue weighted by molar-refractivity contribution is 0.906. The van der Waals surface area contributed by atoms with Crippen molar-refractivity contribution in [1.82, 2.24) is 14.8 Å². The van der Waals surface area contributed by atoms with Crippen LogP contribution in [0.15, 0.2) is 54.9 Å². The van der Waals surface area contributed by atoms with Crippen LogP contribution in [0.1, 0.15) is 11.4 Å². The Kier molecular flexibility index (Phi) is 3.72. The van der Waals surface area contributed by atoms with Crippen molar-refractivity contribution in [1.29, 1.82) is 0 Å². The lowest BCUT2D eigenvalue weighted by Crippen LogP contribution is -2.01. The third-order valence-corrected chi connectivity index (χ3v) is 3.74. The molecule has 20 heavy (non-hydrogen) atoms. The minimum atomic E-state index is 0.551. The molecule has 0 fully saturated rings. The highest BCUT2D eigenvalue weighted by Gasteiger charge is 2.08. The molecular formula is C15H11Cl2N3. The van der Waals surface area contributed by atoms with Crippen LogP contribution < -0.4 is 0 Å². The molecule has 0 saturated heterocycles. The van der Waals surface area contributed by atoms with E-state index in [4.69, 9.17) is 23.2 Å². The van der Waals surface area contributed by atoms with Gasteiger partial charge in [-0.2, -0.15) is 0 Å². The van der Waals surface area contributed by atoms with E-state index in [2.05, 4.69) is 10.2 Å². The largest absolute Gasteiger partial charge is 0.285 e. The van der Waals surface area contributed by atoms with E-state index in [-0.39, 0.29) is 0 Å². The Morgan fingerprint density at radius 1 is 0.950 bits per heavy atom. The summed E-state index contributed by atoms with van der Waals surface area (Å²) < 4.78 is 1.96. The first-order valence-corrected chi connectivity index (χ1v) is 6.88. The zero-order valence-electron chi connectivity index (χ0n) is 10.5. The van der Waals surface area contributed by atoms with Gasteiger partial charge in [0.2, 0.25) is 0 Å². The van der Waals surface area contributed by atoms with Gasteiger partial charge in [0.25, 0.3) is 0 Å². The summed E-state index contributed by atoms with van der Waals surface area (Å²) in [5.41, 5.74) is 2.08. The molecule has 0 atom stereocenters. The fourth-order valence-electron chi connectivity index (χ4n) is 2.02. The Morgan fingerprint density at radius 2 is 1.75 bits per heavy atom. The predicted molar refractivity (Wildman–Crippen MR) is 80.6 cm³/mol. The first-order valence-electron chi connectivity index (χ1n) is 6.12. The second-order valence-electron chi connectivity index (χ2n) is 4.38. The zero-order valence-corrected chi connectivity index (χ0v) is 12.0. The van der Waals surface area contributed by atoms with Gasteiger partial charge in [0.05, 0.1) is 10.0 Å². The second kappa shape index (κ2) is 5.65. The lowest BCUT2D eigenvalue weighted by Gasteiger charge is -2.07. The van der Waals surface area contributed by atoms with Gasteiger partial charge in [-0.15, -0.1) is 10.2 Å². The van der Waals surface area contributed by atoms with Gasteiger partial charge < -0.3 is 0 Å². The molecule has 0 aliphatic heterocycles. The maximum Gasteiger partial charge on any atom is 0.141 e. The monoisotopic (exact) mass is 303 g/mol. The van der Waals surface area contributed by atoms with Gasteiger partial charge in [-0.05, 0) is 29.8 Å². The standard InChI is InChI=1S/C15H11Cl2N3/c16-13-7-6-11(8-14(13)17)9-15-19-18-10-20(15)12-4-2-1-3-5-12/h1-8,10H,9H2. The lowest BCUT2D eigenvalue weighted by atomic mass is 10.1. The molecule has 3 nitrogen and oxygen atoms in total. The predicted octanol–water partition coefficient (Wildman–Crippen LogP) is 4.16. The van der Waals surface area contributed by atoms with Crippen LogP contribution >= 0.6 is 23.2 Å². The second-order valence-corrected chi connectivity index (χ2v) is 5.19. The molecular weight excluding hydrogens is 293 g/mol. The molecule has 0 aliphatic carbocycles. The molecule has 100 valence electrons. The molecule has 0 amide bonds. The summed E-state index contributed by atoms with van der Waals surface area (Å²) in [6, 6.07) is 15.6. The van der Waals surface area contributed by atoms with Crippen LogP contribution in [0.5, 0.6) is 0 Å². The van der Waals surface area contributed by atoms with Gasteiger partial charge in [-0.1, -0.05) is 47.5 Å². The molecule has 3 rings (SSSR count). The molecule has 5 heteroatoms. The average molecular weight is 304 g/mol. The average Bonchev–Trinajstić information content (AvgIpc) is 2.92. The number of aromatic nitrogens is 3. The van der Waals surface area contributed by atoms with Crippen LogP contribution in [0.4, 0.5) is 0 Å². The number of halogens is 2. The van der Waals surface area contributed by atoms with Crippen LogP contribution in [0.25, 0.3) is 5.69 Å². The van der Waals surface area contributed by atoms with Crippen molar-refractivity contribution in [2.24, 2.45) is 0 Å². The van der Waals surface area contributed by atoms with Crippen LogP contribution in [-0.4, -0.2) is 14.8 Å². The minimum Gasteiger partial charge on any atom is -0.285 e. The Balaban J connectivity index is 1.92. The zero-order chi connectivity index (χ0) is 13.9. The summed E-state index contributed by atoms with van der Waals surface area (Å²) in [6.07, 6.45) is 2.36. The summed E-state index contributed by atoms with van der Waals surface area (Å²) in [7, 11) is 0. The number of benzene rings is 2. The molecule has 1 heterocycles. The smallest absolute Gasteiger partial charge is 0.141 e. The van der Waals surface area contributed by atoms with E-state index in [0.29, 0.717) is 16.5 Å². The van der Waals surface area contributed by atoms with E-state index in [1.807, 2.05) is 47.0 Å². The molecule has 3 aromatic rings. The molecule has 0 saturated carbocycles. The minimum absolute atomic E-state index is 0.551. The van der Waals surface area contributed by atoms with E-state index in [1.54, 1.807) is 12.4 Å². The van der Waals surface area contributed by atoms with Crippen LogP contribution in [0.3, 0.4) is 0 Å². The Bertz CT molecular complexity index is 723. The van der Waals surface area contributed by atoms with Crippen molar-refractivity contribution in [3.63, 3.8) is 0 Å². The highest BCUT2D eigenvalue weighted by Crippen LogP contribution is 2.24. The van der Waals surface area contributed by atoms with Crippen molar-refractivity contribution >= 4 is 23.2 Å². The van der Waals surface area contributed by atoms with Crippen LogP contribution in [0.2, 0.25) is 10.0 Å². The van der Waals surface area contributed by atoms with Gasteiger partial charge in [0.15, 0.2) is 0 Å². The normalized spacial score (nSPS) is 10.7. The summed E-state index contributed by atoms with van der Waals surface area (Å²) in [5.74, 6) is 0.856. The Hall–Kier alpha value is -1.84. The molecule has 2 aromatic carbocycles. The van der Waals surface area contributed by atoms with Gasteiger partial charge in [0.1, 0.15) is 12.2 Å². The number of nitrogens with zero attached hydrogens (tertiary/aromatic N) is 3. The topological polar surface area (TPSA) is 30.7 Å². The maximum atomic E-state index is 6.04. The fourth-order valence-corrected chi connectivity index (χ4v) is 2.34. The van der Waals surface area contributed by atoms with Gasteiger partial charge in [0, 0.05) is 12.1 Å². The summed E-state index contributed by atoms with van der Waals surface area (Å²) in [6.45, 7) is 0. The van der Waals surface area contributed by atoms with Crippen molar-refractivity contribution < 1.29 is 0 Å². The van der Waals surface area contributed by atoms with E-state index in [9.17, 15) is 0 Å². The number of hydrogen-bond acceptors (Lipinski definition) is 2. The van der Waals surface area contributed by atoms with Gasteiger partial charge in [-0.25, -0.2) is 0 Å². The Morgan fingerprint density at radius 3 is 2.50 bits per heavy atom. The summed E-state index contributed by atoms with van der Waals surface area (Å²) in [5, 5.41) is 9.27. The van der Waals surface area contributed by atoms with E-state index < -0.39 is 0 Å². The van der Waals surface area contributed by atoms with Crippen molar-refractivity contribution in [2.75, 3.05) is 0 Å². The molecule has 0 aliphatic rings. The SMILES string of the molecule is Clc1ccc(Cc2nncn2-c2ccccc2)cc1Cl. The van der Waals surface area contributed by atoms with Gasteiger partial charge >= 0.3 is 0 Å². The van der Waals surface area contributed by atoms with Gasteiger partial charge in [-0.3, -0.25) is 4.57 Å². The first-order chi connectivity index (χ1) is 9.74. The molecule has 0 unspecified atom stereocenters. The first kappa shape index (κ1) is 13.2. The van der Waals surface area contributed by atoms with E-state index >= 15 is 0 Å². The highest BCUT2D eigenvalue weighted by atomic mass is 35.5. The quantitative estimate of drug-likeness (QED) is 0.727. The molecule has 0 bridgehead atoms. The van der Waals surface area contributed by atoms with Crippen molar-refractivity contribution in [3.8, 4) is 5.69 Å². The fraction of sp³-hybridized carbons (Fsp3) is 0.0667. The van der Waals surface area contributed by atoms with E-state index in [1.165, 1.54) is 0 Å². The summed E-state index contributed by atoms with van der Waals surface area (Å²) >= 11 is 12.0. The number of hydrogen-bond donors (Lipinski definition) is 0. The molecule has 0 radical (unpaired) electrons. The molecule has 0 N–H and O–H groups in total. The highest BCUT2D eigenvalue weighted by molar-refractivity contribution is 6.42. The van der Waals surface area contributed by atoms with Crippen molar-refractivity contribution in [2.45, 2.75) is 6.42 Å². The third kappa shape index (κ3) is 2.69. The third-order valence-electron chi connectivity index (χ3n) is 3.00. The number of rotatable bonds is 3. The van der Waals surface area contributed by atoms with Crippen LogP contribution in [0, 0.1) is 0 Å².